The highest BCUT2D eigenvalue weighted by molar-refractivity contribution is 9.09. The lowest BCUT2D eigenvalue weighted by molar-refractivity contribution is 0.332. The number of hydrogen-bond donors (Lipinski definition) is 1. The van der Waals surface area contributed by atoms with Gasteiger partial charge in [-0.3, -0.25) is 0 Å². The van der Waals surface area contributed by atoms with Gasteiger partial charge in [0.15, 0.2) is 0 Å². The van der Waals surface area contributed by atoms with Gasteiger partial charge >= 0.3 is 0 Å². The molecule has 0 radical (unpaired) electrons. The van der Waals surface area contributed by atoms with Gasteiger partial charge in [-0.05, 0) is 12.5 Å². The molecule has 0 heterocycles. The maximum atomic E-state index is 8.43. The number of rotatable bonds is 2. The molecule has 0 spiro atoms. The highest BCUT2D eigenvalue weighted by Gasteiger charge is 1.84. The van der Waals surface area contributed by atoms with Crippen LogP contribution >= 0.6 is 15.9 Å². The SMILES string of the molecule is C/C=C(/CO)CBr. The van der Waals surface area contributed by atoms with E-state index in [1.165, 1.54) is 0 Å². The monoisotopic (exact) mass is 164 g/mol. The molecule has 0 fully saturated rings. The molecule has 0 saturated carbocycles. The van der Waals surface area contributed by atoms with E-state index in [1.54, 1.807) is 0 Å². The minimum atomic E-state index is 0.168. The number of aliphatic hydroxyl groups is 1. The van der Waals surface area contributed by atoms with Crippen LogP contribution < -0.4 is 0 Å². The Kier molecular flexibility index (Phi) is 4.45. The first kappa shape index (κ1) is 7.18. The van der Waals surface area contributed by atoms with Gasteiger partial charge in [-0.2, -0.15) is 0 Å². The smallest absolute Gasteiger partial charge is 0.0649 e. The van der Waals surface area contributed by atoms with Crippen LogP contribution in [-0.2, 0) is 0 Å². The van der Waals surface area contributed by atoms with Crippen LogP contribution in [0.2, 0.25) is 0 Å². The van der Waals surface area contributed by atoms with Crippen LogP contribution in [0, 0.1) is 0 Å². The second kappa shape index (κ2) is 4.34. The zero-order valence-corrected chi connectivity index (χ0v) is 5.90. The van der Waals surface area contributed by atoms with Crippen molar-refractivity contribution in [2.45, 2.75) is 6.92 Å². The molecule has 1 N–H and O–H groups in total. The second-order valence-electron chi connectivity index (χ2n) is 1.24. The minimum Gasteiger partial charge on any atom is -0.392 e. The standard InChI is InChI=1S/C5H9BrO/c1-2-5(3-6)4-7/h2,7H,3-4H2,1H3/b5-2+. The van der Waals surface area contributed by atoms with Gasteiger partial charge in [0.25, 0.3) is 0 Å². The van der Waals surface area contributed by atoms with Gasteiger partial charge in [0.2, 0.25) is 0 Å². The van der Waals surface area contributed by atoms with E-state index in [2.05, 4.69) is 15.9 Å². The molecule has 0 atom stereocenters. The molecule has 0 saturated heterocycles. The molecular weight excluding hydrogens is 156 g/mol. The summed E-state index contributed by atoms with van der Waals surface area (Å²) in [5.41, 5.74) is 1.03. The molecule has 0 bridgehead atoms. The van der Waals surface area contributed by atoms with Crippen LogP contribution in [-0.4, -0.2) is 17.0 Å². The number of halogens is 1. The third kappa shape index (κ3) is 2.83. The zero-order chi connectivity index (χ0) is 5.70. The van der Waals surface area contributed by atoms with E-state index in [-0.39, 0.29) is 6.61 Å². The molecule has 0 aliphatic carbocycles. The summed E-state index contributed by atoms with van der Waals surface area (Å²) in [6, 6.07) is 0. The van der Waals surface area contributed by atoms with Crippen LogP contribution in [0.15, 0.2) is 11.6 Å². The van der Waals surface area contributed by atoms with Crippen molar-refractivity contribution in [1.29, 1.82) is 0 Å². The summed E-state index contributed by atoms with van der Waals surface area (Å²) in [6.45, 7) is 2.08. The molecule has 7 heavy (non-hydrogen) atoms. The van der Waals surface area contributed by atoms with Crippen molar-refractivity contribution in [2.24, 2.45) is 0 Å². The average molecular weight is 165 g/mol. The number of hydrogen-bond acceptors (Lipinski definition) is 1. The Morgan fingerprint density at radius 3 is 2.43 bits per heavy atom. The second-order valence-corrected chi connectivity index (χ2v) is 1.80. The highest BCUT2D eigenvalue weighted by Crippen LogP contribution is 1.95. The van der Waals surface area contributed by atoms with Gasteiger partial charge in [-0.15, -0.1) is 0 Å². The molecule has 42 valence electrons. The summed E-state index contributed by atoms with van der Waals surface area (Å²) in [5.74, 6) is 0. The highest BCUT2D eigenvalue weighted by atomic mass is 79.9. The lowest BCUT2D eigenvalue weighted by Crippen LogP contribution is -1.88. The fourth-order valence-corrected chi connectivity index (χ4v) is 0.712. The van der Waals surface area contributed by atoms with Crippen molar-refractivity contribution in [3.8, 4) is 0 Å². The maximum absolute atomic E-state index is 8.43. The van der Waals surface area contributed by atoms with E-state index in [0.717, 1.165) is 10.9 Å². The van der Waals surface area contributed by atoms with Crippen molar-refractivity contribution in [3.63, 3.8) is 0 Å². The quantitative estimate of drug-likeness (QED) is 0.483. The molecule has 1 nitrogen and oxygen atoms in total. The minimum absolute atomic E-state index is 0.168. The van der Waals surface area contributed by atoms with E-state index in [9.17, 15) is 0 Å². The molecule has 0 aromatic carbocycles. The van der Waals surface area contributed by atoms with E-state index in [1.807, 2.05) is 13.0 Å². The number of allylic oxidation sites excluding steroid dienone is 1. The summed E-state index contributed by atoms with van der Waals surface area (Å²) >= 11 is 3.21. The summed E-state index contributed by atoms with van der Waals surface area (Å²) in [5, 5.41) is 9.21. The van der Waals surface area contributed by atoms with Gasteiger partial charge in [0, 0.05) is 5.33 Å². The van der Waals surface area contributed by atoms with Crippen molar-refractivity contribution in [1.82, 2.24) is 0 Å². The van der Waals surface area contributed by atoms with Gasteiger partial charge in [-0.25, -0.2) is 0 Å². The van der Waals surface area contributed by atoms with Crippen LogP contribution in [0.3, 0.4) is 0 Å². The van der Waals surface area contributed by atoms with E-state index in [4.69, 9.17) is 5.11 Å². The summed E-state index contributed by atoms with van der Waals surface area (Å²) in [7, 11) is 0. The molecule has 0 aliphatic heterocycles. The Bertz CT molecular complexity index is 62.5. The topological polar surface area (TPSA) is 20.2 Å². The molecule has 0 rings (SSSR count). The maximum Gasteiger partial charge on any atom is 0.0649 e. The molecule has 2 heteroatoms. The van der Waals surface area contributed by atoms with Crippen molar-refractivity contribution >= 4 is 15.9 Å². The van der Waals surface area contributed by atoms with Gasteiger partial charge in [-0.1, -0.05) is 22.0 Å². The van der Waals surface area contributed by atoms with Gasteiger partial charge in [0.1, 0.15) is 0 Å². The Morgan fingerprint density at radius 1 is 1.86 bits per heavy atom. The van der Waals surface area contributed by atoms with Crippen LogP contribution in [0.1, 0.15) is 6.92 Å². The Morgan fingerprint density at radius 2 is 2.43 bits per heavy atom. The summed E-state index contributed by atoms with van der Waals surface area (Å²) < 4.78 is 0. The van der Waals surface area contributed by atoms with Gasteiger partial charge < -0.3 is 5.11 Å². The van der Waals surface area contributed by atoms with Crippen molar-refractivity contribution in [3.05, 3.63) is 11.6 Å². The zero-order valence-electron chi connectivity index (χ0n) is 4.32. The Balaban J connectivity index is 3.38. The molecule has 0 aliphatic rings. The fraction of sp³-hybridized carbons (Fsp3) is 0.600. The number of alkyl halides is 1. The predicted molar refractivity (Wildman–Crippen MR) is 34.6 cm³/mol. The molecule has 0 amide bonds. The Labute approximate surface area is 52.2 Å². The normalized spacial score (nSPS) is 12.1. The van der Waals surface area contributed by atoms with E-state index in [0.29, 0.717) is 0 Å². The van der Waals surface area contributed by atoms with Crippen LogP contribution in [0.25, 0.3) is 0 Å². The lowest BCUT2D eigenvalue weighted by atomic mass is 10.3. The van der Waals surface area contributed by atoms with E-state index < -0.39 is 0 Å². The van der Waals surface area contributed by atoms with E-state index >= 15 is 0 Å². The summed E-state index contributed by atoms with van der Waals surface area (Å²) in [4.78, 5) is 0. The molecule has 0 aromatic rings. The third-order valence-corrected chi connectivity index (χ3v) is 1.50. The largest absolute Gasteiger partial charge is 0.392 e. The average Bonchev–Trinajstić information content (AvgIpc) is 1.72. The Hall–Kier alpha value is 0.180. The van der Waals surface area contributed by atoms with Crippen molar-refractivity contribution in [2.75, 3.05) is 11.9 Å². The summed E-state index contributed by atoms with van der Waals surface area (Å²) in [6.07, 6.45) is 1.90. The molecule has 0 unspecified atom stereocenters. The molecular formula is C5H9BrO. The first-order chi connectivity index (χ1) is 3.35. The van der Waals surface area contributed by atoms with Crippen molar-refractivity contribution < 1.29 is 5.11 Å². The lowest BCUT2D eigenvalue weighted by Gasteiger charge is -1.91. The first-order valence-electron chi connectivity index (χ1n) is 2.16. The van der Waals surface area contributed by atoms with Crippen LogP contribution in [0.5, 0.6) is 0 Å². The third-order valence-electron chi connectivity index (χ3n) is 0.783. The fourth-order valence-electron chi connectivity index (χ4n) is 0.211. The predicted octanol–water partition coefficient (Wildman–Crippen LogP) is 1.32. The van der Waals surface area contributed by atoms with Gasteiger partial charge in [0.05, 0.1) is 6.61 Å². The first-order valence-corrected chi connectivity index (χ1v) is 3.28. The van der Waals surface area contributed by atoms with Crippen LogP contribution in [0.4, 0.5) is 0 Å². The molecule has 0 aromatic heterocycles. The number of aliphatic hydroxyl groups excluding tert-OH is 1.